The lowest BCUT2D eigenvalue weighted by Gasteiger charge is -2.11. The third kappa shape index (κ3) is 3.11. The first-order valence-corrected chi connectivity index (χ1v) is 6.09. The summed E-state index contributed by atoms with van der Waals surface area (Å²) < 4.78 is 45.3. The molecule has 1 atom stereocenters. The van der Waals surface area contributed by atoms with Gasteiger partial charge in [0, 0.05) is 11.6 Å². The van der Waals surface area contributed by atoms with E-state index in [4.69, 9.17) is 10.5 Å². The highest BCUT2D eigenvalue weighted by atomic mass is 19.2. The first-order chi connectivity index (χ1) is 9.49. The van der Waals surface area contributed by atoms with Crippen molar-refractivity contribution in [1.82, 2.24) is 0 Å². The maximum Gasteiger partial charge on any atom is 0.165 e. The van der Waals surface area contributed by atoms with E-state index in [-0.39, 0.29) is 24.0 Å². The summed E-state index contributed by atoms with van der Waals surface area (Å²) in [7, 11) is 0. The molecule has 2 N–H and O–H groups in total. The Morgan fingerprint density at radius 2 is 1.85 bits per heavy atom. The summed E-state index contributed by atoms with van der Waals surface area (Å²) in [5, 5.41) is 0. The van der Waals surface area contributed by atoms with Crippen molar-refractivity contribution in [1.29, 1.82) is 0 Å². The van der Waals surface area contributed by atoms with E-state index in [2.05, 4.69) is 0 Å². The Bertz CT molecular complexity index is 614. The molecule has 2 rings (SSSR count). The Hall–Kier alpha value is -2.01. The molecule has 0 spiro atoms. The maximum atomic E-state index is 13.7. The molecule has 0 fully saturated rings. The molecule has 20 heavy (non-hydrogen) atoms. The first kappa shape index (κ1) is 14.4. The molecule has 106 valence electrons. The van der Waals surface area contributed by atoms with E-state index < -0.39 is 17.5 Å². The highest BCUT2D eigenvalue weighted by Gasteiger charge is 2.11. The zero-order valence-electron chi connectivity index (χ0n) is 10.9. The average Bonchev–Trinajstić information content (AvgIpc) is 2.41. The van der Waals surface area contributed by atoms with Crippen LogP contribution in [0.1, 0.15) is 24.1 Å². The molecule has 0 radical (unpaired) electrons. The second kappa shape index (κ2) is 5.96. The standard InChI is InChI=1S/C15H14F3NO/c1-9(19)10-5-6-14(13(17)7-10)20-8-11-3-2-4-12(16)15(11)18/h2-7,9H,8,19H2,1H3. The van der Waals surface area contributed by atoms with Gasteiger partial charge >= 0.3 is 0 Å². The lowest BCUT2D eigenvalue weighted by molar-refractivity contribution is 0.282. The van der Waals surface area contributed by atoms with E-state index >= 15 is 0 Å². The van der Waals surface area contributed by atoms with Gasteiger partial charge in [-0.2, -0.15) is 0 Å². The zero-order valence-corrected chi connectivity index (χ0v) is 10.9. The molecular weight excluding hydrogens is 267 g/mol. The van der Waals surface area contributed by atoms with Crippen molar-refractivity contribution in [2.75, 3.05) is 0 Å². The minimum Gasteiger partial charge on any atom is -0.486 e. The van der Waals surface area contributed by atoms with Gasteiger partial charge in [0.1, 0.15) is 6.61 Å². The first-order valence-electron chi connectivity index (χ1n) is 6.09. The van der Waals surface area contributed by atoms with E-state index in [0.717, 1.165) is 6.07 Å². The molecule has 0 aromatic heterocycles. The number of halogens is 3. The molecule has 2 nitrogen and oxygen atoms in total. The van der Waals surface area contributed by atoms with Crippen molar-refractivity contribution in [3.05, 3.63) is 65.0 Å². The van der Waals surface area contributed by atoms with Crippen LogP contribution in [0.25, 0.3) is 0 Å². The molecule has 0 aliphatic rings. The van der Waals surface area contributed by atoms with Gasteiger partial charge in [0.2, 0.25) is 0 Å². The molecule has 0 aliphatic carbocycles. The monoisotopic (exact) mass is 281 g/mol. The minimum absolute atomic E-state index is 0.0284. The molecule has 2 aromatic rings. The van der Waals surface area contributed by atoms with Gasteiger partial charge in [0.05, 0.1) is 0 Å². The lowest BCUT2D eigenvalue weighted by Crippen LogP contribution is -2.06. The Kier molecular flexibility index (Phi) is 4.29. The second-order valence-corrected chi connectivity index (χ2v) is 4.48. The van der Waals surface area contributed by atoms with Crippen molar-refractivity contribution in [2.24, 2.45) is 5.73 Å². The van der Waals surface area contributed by atoms with E-state index in [1.807, 2.05) is 0 Å². The summed E-state index contributed by atoms with van der Waals surface area (Å²) in [5.41, 5.74) is 6.30. The molecule has 0 bridgehead atoms. The molecule has 0 aliphatic heterocycles. The fraction of sp³-hybridized carbons (Fsp3) is 0.200. The van der Waals surface area contributed by atoms with E-state index in [9.17, 15) is 13.2 Å². The van der Waals surface area contributed by atoms with Crippen LogP contribution in [0.15, 0.2) is 36.4 Å². The Labute approximate surface area is 115 Å². The van der Waals surface area contributed by atoms with Crippen molar-refractivity contribution >= 4 is 0 Å². The van der Waals surface area contributed by atoms with E-state index in [0.29, 0.717) is 5.56 Å². The highest BCUT2D eigenvalue weighted by Crippen LogP contribution is 2.22. The van der Waals surface area contributed by atoms with Gasteiger partial charge in [-0.25, -0.2) is 13.2 Å². The van der Waals surface area contributed by atoms with Crippen LogP contribution in [-0.4, -0.2) is 0 Å². The van der Waals surface area contributed by atoms with Crippen LogP contribution < -0.4 is 10.5 Å². The van der Waals surface area contributed by atoms with Crippen LogP contribution in [0.4, 0.5) is 13.2 Å². The SMILES string of the molecule is CC(N)c1ccc(OCc2cccc(F)c2F)c(F)c1. The van der Waals surface area contributed by atoms with Crippen molar-refractivity contribution in [2.45, 2.75) is 19.6 Å². The van der Waals surface area contributed by atoms with Gasteiger partial charge in [-0.3, -0.25) is 0 Å². The largest absolute Gasteiger partial charge is 0.486 e. The fourth-order valence-electron chi connectivity index (χ4n) is 1.73. The summed E-state index contributed by atoms with van der Waals surface area (Å²) >= 11 is 0. The Morgan fingerprint density at radius 1 is 1.10 bits per heavy atom. The van der Waals surface area contributed by atoms with Crippen molar-refractivity contribution < 1.29 is 17.9 Å². The molecule has 0 heterocycles. The van der Waals surface area contributed by atoms with Gasteiger partial charge in [-0.05, 0) is 30.7 Å². The van der Waals surface area contributed by atoms with Crippen molar-refractivity contribution in [3.8, 4) is 5.75 Å². The Balaban J connectivity index is 2.13. The molecule has 5 heteroatoms. The van der Waals surface area contributed by atoms with Gasteiger partial charge < -0.3 is 10.5 Å². The Morgan fingerprint density at radius 3 is 2.50 bits per heavy atom. The van der Waals surface area contributed by atoms with Gasteiger partial charge in [-0.15, -0.1) is 0 Å². The number of rotatable bonds is 4. The number of benzene rings is 2. The zero-order chi connectivity index (χ0) is 14.7. The van der Waals surface area contributed by atoms with Crippen LogP contribution in [0.2, 0.25) is 0 Å². The summed E-state index contributed by atoms with van der Waals surface area (Å²) in [6.45, 7) is 1.48. The predicted octanol–water partition coefficient (Wildman–Crippen LogP) is 3.70. The smallest absolute Gasteiger partial charge is 0.165 e. The molecule has 0 saturated heterocycles. The molecule has 0 amide bonds. The highest BCUT2D eigenvalue weighted by molar-refractivity contribution is 5.31. The fourth-order valence-corrected chi connectivity index (χ4v) is 1.73. The third-order valence-corrected chi connectivity index (χ3v) is 2.90. The third-order valence-electron chi connectivity index (χ3n) is 2.90. The topological polar surface area (TPSA) is 35.2 Å². The van der Waals surface area contributed by atoms with Gasteiger partial charge in [0.25, 0.3) is 0 Å². The van der Waals surface area contributed by atoms with Crippen molar-refractivity contribution in [3.63, 3.8) is 0 Å². The lowest BCUT2D eigenvalue weighted by atomic mass is 10.1. The average molecular weight is 281 g/mol. The molecule has 0 saturated carbocycles. The molecular formula is C15H14F3NO. The number of nitrogens with two attached hydrogens (primary N) is 1. The van der Waals surface area contributed by atoms with E-state index in [1.54, 1.807) is 13.0 Å². The van der Waals surface area contributed by atoms with Crippen LogP contribution in [-0.2, 0) is 6.61 Å². The van der Waals surface area contributed by atoms with E-state index in [1.165, 1.54) is 24.3 Å². The summed E-state index contributed by atoms with van der Waals surface area (Å²) in [6.07, 6.45) is 0. The quantitative estimate of drug-likeness (QED) is 0.927. The number of hydrogen-bond donors (Lipinski definition) is 1. The van der Waals surface area contributed by atoms with Gasteiger partial charge in [0.15, 0.2) is 23.2 Å². The minimum atomic E-state index is -0.986. The summed E-state index contributed by atoms with van der Waals surface area (Å²) in [4.78, 5) is 0. The van der Waals surface area contributed by atoms with Crippen LogP contribution in [0.5, 0.6) is 5.75 Å². The number of hydrogen-bond acceptors (Lipinski definition) is 2. The number of ether oxygens (including phenoxy) is 1. The van der Waals surface area contributed by atoms with Crippen LogP contribution >= 0.6 is 0 Å². The van der Waals surface area contributed by atoms with Crippen LogP contribution in [0, 0.1) is 17.5 Å². The summed E-state index contributed by atoms with van der Waals surface area (Å²) in [5.74, 6) is -2.56. The molecule has 2 aromatic carbocycles. The van der Waals surface area contributed by atoms with Crippen LogP contribution in [0.3, 0.4) is 0 Å². The summed E-state index contributed by atoms with van der Waals surface area (Å²) in [6, 6.07) is 7.79. The normalized spacial score (nSPS) is 12.2. The maximum absolute atomic E-state index is 13.7. The second-order valence-electron chi connectivity index (χ2n) is 4.48. The molecule has 1 unspecified atom stereocenters. The van der Waals surface area contributed by atoms with Gasteiger partial charge in [-0.1, -0.05) is 18.2 Å². The predicted molar refractivity (Wildman–Crippen MR) is 69.7 cm³/mol.